The molecule has 0 spiro atoms. The standard InChI is InChI=1S/C14H15N3O3/c1-3-15-11-7-5-4-6-9(11)8-10-12(18)16-14(20)17(2)13(10)19/h4-8,15H,3H2,1-2H3,(H,16,18,20)/b10-8-. The van der Waals surface area contributed by atoms with Crippen LogP contribution in [0.1, 0.15) is 12.5 Å². The second-order valence-electron chi connectivity index (χ2n) is 4.30. The van der Waals surface area contributed by atoms with Crippen molar-refractivity contribution in [2.45, 2.75) is 6.92 Å². The summed E-state index contributed by atoms with van der Waals surface area (Å²) in [6.45, 7) is 2.67. The van der Waals surface area contributed by atoms with E-state index in [1.807, 2.05) is 25.1 Å². The Kier molecular flexibility index (Phi) is 3.84. The fourth-order valence-electron chi connectivity index (χ4n) is 1.88. The molecule has 0 bridgehead atoms. The number of hydrogen-bond acceptors (Lipinski definition) is 4. The highest BCUT2D eigenvalue weighted by atomic mass is 16.2. The van der Waals surface area contributed by atoms with Crippen LogP contribution in [-0.2, 0) is 9.59 Å². The lowest BCUT2D eigenvalue weighted by molar-refractivity contribution is -0.129. The molecular weight excluding hydrogens is 258 g/mol. The molecule has 4 amide bonds. The van der Waals surface area contributed by atoms with Gasteiger partial charge in [-0.25, -0.2) is 4.79 Å². The molecule has 0 aliphatic carbocycles. The first kappa shape index (κ1) is 13.8. The van der Waals surface area contributed by atoms with E-state index in [1.54, 1.807) is 6.07 Å². The van der Waals surface area contributed by atoms with Crippen LogP contribution < -0.4 is 10.6 Å². The fourth-order valence-corrected chi connectivity index (χ4v) is 1.88. The lowest BCUT2D eigenvalue weighted by Gasteiger charge is -2.22. The van der Waals surface area contributed by atoms with Gasteiger partial charge in [0.05, 0.1) is 0 Å². The van der Waals surface area contributed by atoms with Gasteiger partial charge >= 0.3 is 6.03 Å². The molecule has 2 rings (SSSR count). The zero-order valence-corrected chi connectivity index (χ0v) is 11.3. The van der Waals surface area contributed by atoms with E-state index >= 15 is 0 Å². The van der Waals surface area contributed by atoms with Crippen molar-refractivity contribution < 1.29 is 14.4 Å². The predicted molar refractivity (Wildman–Crippen MR) is 74.9 cm³/mol. The van der Waals surface area contributed by atoms with Gasteiger partial charge in [0.15, 0.2) is 0 Å². The van der Waals surface area contributed by atoms with Gasteiger partial charge in [-0.05, 0) is 24.6 Å². The van der Waals surface area contributed by atoms with Crippen molar-refractivity contribution in [1.82, 2.24) is 10.2 Å². The smallest absolute Gasteiger partial charge is 0.331 e. The van der Waals surface area contributed by atoms with Gasteiger partial charge in [-0.15, -0.1) is 0 Å². The summed E-state index contributed by atoms with van der Waals surface area (Å²) in [6.07, 6.45) is 1.48. The monoisotopic (exact) mass is 273 g/mol. The molecule has 1 saturated heterocycles. The highest BCUT2D eigenvalue weighted by Crippen LogP contribution is 2.20. The predicted octanol–water partition coefficient (Wildman–Crippen LogP) is 1.21. The number of amides is 4. The summed E-state index contributed by atoms with van der Waals surface area (Å²) in [5, 5.41) is 5.27. The molecule has 1 aromatic rings. The van der Waals surface area contributed by atoms with Crippen LogP contribution in [0.25, 0.3) is 6.08 Å². The lowest BCUT2D eigenvalue weighted by atomic mass is 10.1. The number of hydrogen-bond donors (Lipinski definition) is 2. The van der Waals surface area contributed by atoms with Crippen molar-refractivity contribution >= 4 is 29.6 Å². The third kappa shape index (κ3) is 2.54. The van der Waals surface area contributed by atoms with E-state index in [2.05, 4.69) is 10.6 Å². The highest BCUT2D eigenvalue weighted by molar-refractivity contribution is 6.31. The third-order valence-corrected chi connectivity index (χ3v) is 2.93. The second-order valence-corrected chi connectivity index (χ2v) is 4.30. The molecule has 0 saturated carbocycles. The van der Waals surface area contributed by atoms with Gasteiger partial charge in [0, 0.05) is 19.3 Å². The third-order valence-electron chi connectivity index (χ3n) is 2.93. The molecule has 1 aliphatic heterocycles. The maximum atomic E-state index is 12.0. The van der Waals surface area contributed by atoms with Crippen LogP contribution >= 0.6 is 0 Å². The molecule has 1 aromatic carbocycles. The van der Waals surface area contributed by atoms with E-state index in [1.165, 1.54) is 13.1 Å². The van der Waals surface area contributed by atoms with Crippen molar-refractivity contribution in [2.24, 2.45) is 0 Å². The average Bonchev–Trinajstić information content (AvgIpc) is 2.43. The minimum Gasteiger partial charge on any atom is -0.385 e. The van der Waals surface area contributed by atoms with Crippen LogP contribution in [0.5, 0.6) is 0 Å². The number of nitrogens with zero attached hydrogens (tertiary/aromatic N) is 1. The molecule has 104 valence electrons. The Morgan fingerprint density at radius 2 is 1.95 bits per heavy atom. The fraction of sp³-hybridized carbons (Fsp3) is 0.214. The Balaban J connectivity index is 2.41. The molecule has 6 nitrogen and oxygen atoms in total. The Labute approximate surface area is 116 Å². The zero-order valence-electron chi connectivity index (χ0n) is 11.3. The van der Waals surface area contributed by atoms with Gasteiger partial charge in [-0.3, -0.25) is 19.8 Å². The Morgan fingerprint density at radius 1 is 1.25 bits per heavy atom. The largest absolute Gasteiger partial charge is 0.385 e. The topological polar surface area (TPSA) is 78.5 Å². The molecule has 6 heteroatoms. The van der Waals surface area contributed by atoms with Crippen LogP contribution in [0.15, 0.2) is 29.8 Å². The number of nitrogens with one attached hydrogen (secondary N) is 2. The van der Waals surface area contributed by atoms with E-state index in [0.717, 1.165) is 22.7 Å². The molecular formula is C14H15N3O3. The molecule has 1 heterocycles. The van der Waals surface area contributed by atoms with E-state index in [9.17, 15) is 14.4 Å². The van der Waals surface area contributed by atoms with E-state index < -0.39 is 17.8 Å². The van der Waals surface area contributed by atoms with E-state index in [4.69, 9.17) is 0 Å². The average molecular weight is 273 g/mol. The van der Waals surface area contributed by atoms with Crippen molar-refractivity contribution in [3.63, 3.8) is 0 Å². The molecule has 1 aliphatic rings. The number of para-hydroxylation sites is 1. The van der Waals surface area contributed by atoms with Crippen molar-refractivity contribution in [3.05, 3.63) is 35.4 Å². The molecule has 20 heavy (non-hydrogen) atoms. The van der Waals surface area contributed by atoms with Crippen LogP contribution in [0.3, 0.4) is 0 Å². The summed E-state index contributed by atoms with van der Waals surface area (Å²) in [5.74, 6) is -1.28. The quantitative estimate of drug-likeness (QED) is 0.641. The molecule has 2 N–H and O–H groups in total. The van der Waals surface area contributed by atoms with Crippen molar-refractivity contribution in [2.75, 3.05) is 18.9 Å². The number of urea groups is 1. The normalized spacial score (nSPS) is 17.4. The van der Waals surface area contributed by atoms with Gasteiger partial charge in [0.1, 0.15) is 5.57 Å². The molecule has 0 atom stereocenters. The van der Waals surface area contributed by atoms with Crippen LogP contribution in [-0.4, -0.2) is 36.3 Å². The second kappa shape index (κ2) is 5.56. The van der Waals surface area contributed by atoms with Crippen LogP contribution in [0.2, 0.25) is 0 Å². The van der Waals surface area contributed by atoms with Gasteiger partial charge in [0.25, 0.3) is 11.8 Å². The van der Waals surface area contributed by atoms with Gasteiger partial charge in [-0.2, -0.15) is 0 Å². The summed E-state index contributed by atoms with van der Waals surface area (Å²) < 4.78 is 0. The lowest BCUT2D eigenvalue weighted by Crippen LogP contribution is -2.52. The number of benzene rings is 1. The number of rotatable bonds is 3. The van der Waals surface area contributed by atoms with Crippen LogP contribution in [0, 0.1) is 0 Å². The maximum Gasteiger partial charge on any atom is 0.331 e. The number of anilines is 1. The number of carbonyl (C=O) groups excluding carboxylic acids is 3. The molecule has 0 unspecified atom stereocenters. The number of likely N-dealkylation sites (N-methyl/N-ethyl adjacent to an activating group) is 1. The van der Waals surface area contributed by atoms with Gasteiger partial charge in [0.2, 0.25) is 0 Å². The minimum atomic E-state index is -0.711. The van der Waals surface area contributed by atoms with E-state index in [0.29, 0.717) is 0 Å². The molecule has 1 fully saturated rings. The van der Waals surface area contributed by atoms with Crippen molar-refractivity contribution in [1.29, 1.82) is 0 Å². The summed E-state index contributed by atoms with van der Waals surface area (Å²) in [6, 6.07) is 6.61. The first-order chi connectivity index (χ1) is 9.54. The summed E-state index contributed by atoms with van der Waals surface area (Å²) in [4.78, 5) is 35.9. The highest BCUT2D eigenvalue weighted by Gasteiger charge is 2.33. The van der Waals surface area contributed by atoms with Gasteiger partial charge in [-0.1, -0.05) is 18.2 Å². The first-order valence-corrected chi connectivity index (χ1v) is 6.22. The Hall–Kier alpha value is -2.63. The Bertz CT molecular complexity index is 607. The van der Waals surface area contributed by atoms with Gasteiger partial charge < -0.3 is 5.32 Å². The number of barbiturate groups is 1. The minimum absolute atomic E-state index is 0.0579. The maximum absolute atomic E-state index is 12.0. The number of imide groups is 2. The summed E-state index contributed by atoms with van der Waals surface area (Å²) >= 11 is 0. The SMILES string of the molecule is CCNc1ccccc1/C=C1/C(=O)NC(=O)N(C)C1=O. The summed E-state index contributed by atoms with van der Waals surface area (Å²) in [7, 11) is 1.33. The summed E-state index contributed by atoms with van der Waals surface area (Å²) in [5.41, 5.74) is 1.48. The first-order valence-electron chi connectivity index (χ1n) is 6.22. The molecule has 0 aromatic heterocycles. The number of carbonyl (C=O) groups is 3. The Morgan fingerprint density at radius 3 is 2.65 bits per heavy atom. The van der Waals surface area contributed by atoms with Crippen LogP contribution in [0.4, 0.5) is 10.5 Å². The van der Waals surface area contributed by atoms with E-state index in [-0.39, 0.29) is 5.57 Å². The molecule has 0 radical (unpaired) electrons. The zero-order chi connectivity index (χ0) is 14.7. The van der Waals surface area contributed by atoms with Crippen molar-refractivity contribution in [3.8, 4) is 0 Å².